The van der Waals surface area contributed by atoms with E-state index in [1.54, 1.807) is 41.5 Å². The Morgan fingerprint density at radius 2 is 0.880 bits per heavy atom. The molecular weight excluding hydrogens is 368 g/mol. The van der Waals surface area contributed by atoms with Gasteiger partial charge in [-0.15, -0.1) is 0 Å². The molecule has 0 aliphatic heterocycles. The van der Waals surface area contributed by atoms with E-state index < -0.39 is 24.8 Å². The van der Waals surface area contributed by atoms with Crippen LogP contribution >= 0.6 is 0 Å². The van der Waals surface area contributed by atoms with Crippen molar-refractivity contribution in [3.63, 3.8) is 0 Å². The fourth-order valence-corrected chi connectivity index (χ4v) is 0.572. The summed E-state index contributed by atoms with van der Waals surface area (Å²) in [4.78, 5) is 39.7. The van der Waals surface area contributed by atoms with Crippen LogP contribution in [0.4, 0.5) is 0 Å². The third-order valence-electron chi connectivity index (χ3n) is 1.47. The minimum atomic E-state index is -1.29. The van der Waals surface area contributed by atoms with Crippen LogP contribution in [0.1, 0.15) is 67.2 Å². The molecule has 0 fully saturated rings. The summed E-state index contributed by atoms with van der Waals surface area (Å²) in [7, 11) is 0. The maximum absolute atomic E-state index is 10.2. The second kappa shape index (κ2) is 25.2. The fourth-order valence-electron chi connectivity index (χ4n) is 0.572. The standard InChI is InChI=1S/2C5H8O3.2C3H8O.Ti/c2*1-2-4(6)3-5(7)8;2*1-3(2)4;/h2*2-3H2,1H3,(H,7,8);2*3-4H,1-2H3;/q;;;;+2/p-2. The predicted molar refractivity (Wildman–Crippen MR) is 84.6 cm³/mol. The van der Waals surface area contributed by atoms with Crippen molar-refractivity contribution < 1.29 is 61.3 Å². The summed E-state index contributed by atoms with van der Waals surface area (Å²) >= 11 is 0. The van der Waals surface area contributed by atoms with E-state index in [2.05, 4.69) is 0 Å². The molecule has 0 saturated carbocycles. The van der Waals surface area contributed by atoms with Crippen molar-refractivity contribution in [3.8, 4) is 0 Å². The summed E-state index contributed by atoms with van der Waals surface area (Å²) in [5.74, 6) is -3.16. The third kappa shape index (κ3) is 84.1. The number of Topliss-reactive ketones (excluding diaryl/α,β-unsaturated/α-hetero) is 2. The maximum Gasteiger partial charge on any atom is 2.00 e. The van der Waals surface area contributed by atoms with Crippen molar-refractivity contribution >= 4 is 23.5 Å². The van der Waals surface area contributed by atoms with Crippen LogP contribution in [0.25, 0.3) is 0 Å². The van der Waals surface area contributed by atoms with E-state index in [0.29, 0.717) is 0 Å². The second-order valence-corrected chi connectivity index (χ2v) is 5.07. The van der Waals surface area contributed by atoms with E-state index in [1.807, 2.05) is 0 Å². The molecule has 0 spiro atoms. The molecule has 0 amide bonds. The zero-order valence-electron chi connectivity index (χ0n) is 15.8. The molecule has 0 heterocycles. The van der Waals surface area contributed by atoms with Crippen molar-refractivity contribution in [3.05, 3.63) is 0 Å². The van der Waals surface area contributed by atoms with Gasteiger partial charge in [0, 0.05) is 49.8 Å². The normalized spacial score (nSPS) is 8.40. The number of hydrogen-bond donors (Lipinski definition) is 2. The van der Waals surface area contributed by atoms with Gasteiger partial charge in [-0.2, -0.15) is 0 Å². The van der Waals surface area contributed by atoms with Gasteiger partial charge >= 0.3 is 21.7 Å². The molecule has 8 nitrogen and oxygen atoms in total. The zero-order chi connectivity index (χ0) is 20.3. The molecule has 0 unspecified atom stereocenters. The summed E-state index contributed by atoms with van der Waals surface area (Å²) < 4.78 is 0. The number of aliphatic carboxylic acids is 2. The molecule has 2 N–H and O–H groups in total. The number of carboxylic acid groups (broad SMARTS) is 2. The zero-order valence-corrected chi connectivity index (χ0v) is 17.4. The number of rotatable bonds is 6. The monoisotopic (exact) mass is 398 g/mol. The Labute approximate surface area is 164 Å². The van der Waals surface area contributed by atoms with Gasteiger partial charge in [0.05, 0.1) is 0 Å². The van der Waals surface area contributed by atoms with E-state index in [4.69, 9.17) is 10.2 Å². The molecule has 25 heavy (non-hydrogen) atoms. The SMILES string of the molecule is CC(C)O.CC(C)O.CCC(=O)CC(=O)[O-].CCC(=O)CC(=O)[O-].[Ti+2]. The van der Waals surface area contributed by atoms with Crippen molar-refractivity contribution in [2.24, 2.45) is 0 Å². The van der Waals surface area contributed by atoms with Crippen LogP contribution in [0, 0.1) is 0 Å². The first-order valence-corrected chi connectivity index (χ1v) is 7.59. The molecule has 0 radical (unpaired) electrons. The molecule has 0 rings (SSSR count). The fraction of sp³-hybridized carbons (Fsp3) is 0.750. The third-order valence-corrected chi connectivity index (χ3v) is 1.47. The Kier molecular flexibility index (Phi) is 35.3. The van der Waals surface area contributed by atoms with E-state index >= 15 is 0 Å². The molecule has 0 aliphatic carbocycles. The summed E-state index contributed by atoms with van der Waals surface area (Å²) in [6, 6.07) is 0. The Bertz CT molecular complexity index is 315. The Morgan fingerprint density at radius 1 is 0.720 bits per heavy atom. The summed E-state index contributed by atoms with van der Waals surface area (Å²) in [6.07, 6.45) is -0.686. The molecule has 0 aliphatic rings. The van der Waals surface area contributed by atoms with E-state index in [-0.39, 0.29) is 58.3 Å². The molecule has 146 valence electrons. The van der Waals surface area contributed by atoms with E-state index in [0.717, 1.165) is 0 Å². The molecule has 0 aromatic rings. The number of hydrogen-bond acceptors (Lipinski definition) is 8. The average molecular weight is 398 g/mol. The van der Waals surface area contributed by atoms with Crippen LogP contribution < -0.4 is 10.2 Å². The van der Waals surface area contributed by atoms with Crippen LogP contribution in [-0.4, -0.2) is 45.9 Å². The van der Waals surface area contributed by atoms with Crippen LogP contribution in [0.2, 0.25) is 0 Å². The van der Waals surface area contributed by atoms with Gasteiger partial charge in [0.1, 0.15) is 11.6 Å². The number of aliphatic hydroxyl groups excluding tert-OH is 2. The summed E-state index contributed by atoms with van der Waals surface area (Å²) in [5, 5.41) is 35.4. The molecular formula is C16H30O8Ti. The van der Waals surface area contributed by atoms with Gasteiger partial charge in [-0.3, -0.25) is 9.59 Å². The summed E-state index contributed by atoms with van der Waals surface area (Å²) in [6.45, 7) is 10.1. The number of ketones is 2. The average Bonchev–Trinajstić information content (AvgIpc) is 2.36. The quantitative estimate of drug-likeness (QED) is 0.426. The first kappa shape index (κ1) is 35.1. The molecule has 0 aromatic carbocycles. The number of aliphatic hydroxyl groups is 2. The van der Waals surface area contributed by atoms with Gasteiger partial charge in [-0.05, 0) is 27.7 Å². The molecule has 0 atom stereocenters. The van der Waals surface area contributed by atoms with Gasteiger partial charge in [0.25, 0.3) is 0 Å². The van der Waals surface area contributed by atoms with Crippen molar-refractivity contribution in [1.82, 2.24) is 0 Å². The first-order chi connectivity index (χ1) is 10.8. The molecule has 0 aromatic heterocycles. The first-order valence-electron chi connectivity index (χ1n) is 7.59. The largest absolute Gasteiger partial charge is 2.00 e. The molecule has 0 saturated heterocycles. The topological polar surface area (TPSA) is 155 Å². The van der Waals surface area contributed by atoms with Gasteiger partial charge in [-0.25, -0.2) is 0 Å². The van der Waals surface area contributed by atoms with E-state index in [9.17, 15) is 29.4 Å². The number of carbonyl (C=O) groups is 4. The Morgan fingerprint density at radius 3 is 0.920 bits per heavy atom. The van der Waals surface area contributed by atoms with Crippen LogP contribution in [0.5, 0.6) is 0 Å². The number of carboxylic acids is 2. The maximum atomic E-state index is 10.2. The van der Waals surface area contributed by atoms with Gasteiger partial charge in [-0.1, -0.05) is 13.8 Å². The van der Waals surface area contributed by atoms with Gasteiger partial charge < -0.3 is 30.0 Å². The number of carbonyl (C=O) groups excluding carboxylic acids is 4. The smallest absolute Gasteiger partial charge is 0.550 e. The minimum absolute atomic E-state index is 0. The molecule has 9 heteroatoms. The van der Waals surface area contributed by atoms with Crippen molar-refractivity contribution in [2.75, 3.05) is 0 Å². The van der Waals surface area contributed by atoms with Gasteiger partial charge in [0.2, 0.25) is 0 Å². The van der Waals surface area contributed by atoms with Crippen LogP contribution in [0.3, 0.4) is 0 Å². The van der Waals surface area contributed by atoms with E-state index in [1.165, 1.54) is 0 Å². The predicted octanol–water partition coefficient (Wildman–Crippen LogP) is -1.02. The molecule has 0 bridgehead atoms. The van der Waals surface area contributed by atoms with Gasteiger partial charge in [0.15, 0.2) is 0 Å². The summed E-state index contributed by atoms with van der Waals surface area (Å²) in [5.41, 5.74) is 0. The Hall–Kier alpha value is -1.09. The van der Waals surface area contributed by atoms with Crippen LogP contribution in [0.15, 0.2) is 0 Å². The second-order valence-electron chi connectivity index (χ2n) is 5.07. The Balaban J connectivity index is -0.0000000739. The van der Waals surface area contributed by atoms with Crippen LogP contribution in [-0.2, 0) is 40.9 Å². The minimum Gasteiger partial charge on any atom is -0.550 e. The van der Waals surface area contributed by atoms with Crippen molar-refractivity contribution in [2.45, 2.75) is 79.4 Å². The van der Waals surface area contributed by atoms with Crippen molar-refractivity contribution in [1.29, 1.82) is 0 Å².